The third-order valence-corrected chi connectivity index (χ3v) is 2.62. The molecule has 0 unspecified atom stereocenters. The number of rotatable bonds is 2. The van der Waals surface area contributed by atoms with E-state index in [0.717, 1.165) is 30.4 Å². The van der Waals surface area contributed by atoms with E-state index in [0.29, 0.717) is 6.04 Å². The van der Waals surface area contributed by atoms with Crippen molar-refractivity contribution in [3.05, 3.63) is 24.3 Å². The molecule has 15 heavy (non-hydrogen) atoms. The van der Waals surface area contributed by atoms with Gasteiger partial charge in [0.25, 0.3) is 0 Å². The largest absolute Gasteiger partial charge is 0.377 e. The molecule has 1 aliphatic heterocycles. The third-order valence-electron chi connectivity index (χ3n) is 2.62. The molecular formula is C10H12N4O. The number of ether oxygens (including phenoxy) is 1. The van der Waals surface area contributed by atoms with E-state index < -0.39 is 0 Å². The number of aryl methyl sites for hydroxylation is 1. The lowest BCUT2D eigenvalue weighted by atomic mass is 10.2. The van der Waals surface area contributed by atoms with Gasteiger partial charge in [0.05, 0.1) is 36.8 Å². The fourth-order valence-corrected chi connectivity index (χ4v) is 1.73. The summed E-state index contributed by atoms with van der Waals surface area (Å²) < 4.78 is 7.16. The predicted octanol–water partition coefficient (Wildman–Crippen LogP) is 1.15. The van der Waals surface area contributed by atoms with Crippen molar-refractivity contribution in [2.75, 3.05) is 13.2 Å². The van der Waals surface area contributed by atoms with Crippen LogP contribution < -0.4 is 0 Å². The summed E-state index contributed by atoms with van der Waals surface area (Å²) in [5, 5.41) is 4.31. The lowest BCUT2D eigenvalue weighted by Crippen LogP contribution is -2.31. The Balaban J connectivity index is 2.00. The number of hydrogen-bond donors (Lipinski definition) is 1. The second kappa shape index (κ2) is 3.20. The minimum atomic E-state index is 0.374. The number of aromatic amines is 1. The van der Waals surface area contributed by atoms with E-state index in [9.17, 15) is 0 Å². The van der Waals surface area contributed by atoms with Crippen molar-refractivity contribution < 1.29 is 4.74 Å². The van der Waals surface area contributed by atoms with Crippen molar-refractivity contribution in [3.63, 3.8) is 0 Å². The fraction of sp³-hybridized carbons (Fsp3) is 0.400. The summed E-state index contributed by atoms with van der Waals surface area (Å²) in [7, 11) is 0. The Morgan fingerprint density at radius 2 is 2.40 bits per heavy atom. The Bertz CT molecular complexity index is 469. The number of imidazole rings is 1. The maximum absolute atomic E-state index is 5.17. The molecule has 0 amide bonds. The zero-order valence-corrected chi connectivity index (χ0v) is 8.47. The first-order chi connectivity index (χ1) is 7.34. The summed E-state index contributed by atoms with van der Waals surface area (Å²) in [4.78, 5) is 7.40. The third kappa shape index (κ3) is 1.35. The molecule has 5 heteroatoms. The molecule has 0 spiro atoms. The quantitative estimate of drug-likeness (QED) is 0.798. The Labute approximate surface area is 87.1 Å². The summed E-state index contributed by atoms with van der Waals surface area (Å²) >= 11 is 0. The van der Waals surface area contributed by atoms with Gasteiger partial charge in [-0.2, -0.15) is 5.10 Å². The molecule has 3 heterocycles. The Morgan fingerprint density at radius 1 is 1.53 bits per heavy atom. The molecule has 78 valence electrons. The molecule has 0 saturated carbocycles. The maximum Gasteiger partial charge on any atom is 0.103 e. The van der Waals surface area contributed by atoms with Crippen LogP contribution in [0.2, 0.25) is 0 Å². The van der Waals surface area contributed by atoms with Crippen molar-refractivity contribution in [3.8, 4) is 11.4 Å². The van der Waals surface area contributed by atoms with Gasteiger partial charge in [-0.05, 0) is 13.0 Å². The second-order valence-electron chi connectivity index (χ2n) is 3.73. The van der Waals surface area contributed by atoms with Gasteiger partial charge >= 0.3 is 0 Å². The highest BCUT2D eigenvalue weighted by molar-refractivity contribution is 5.53. The summed E-state index contributed by atoms with van der Waals surface area (Å²) in [6.07, 6.45) is 3.65. The van der Waals surface area contributed by atoms with E-state index in [1.807, 2.05) is 30.1 Å². The van der Waals surface area contributed by atoms with Crippen LogP contribution in [0.3, 0.4) is 0 Å². The number of nitrogens with zero attached hydrogens (tertiary/aromatic N) is 3. The number of H-pyrrole nitrogens is 1. The van der Waals surface area contributed by atoms with Gasteiger partial charge in [-0.3, -0.25) is 4.68 Å². The molecule has 2 aromatic heterocycles. The maximum atomic E-state index is 5.17. The highest BCUT2D eigenvalue weighted by Gasteiger charge is 2.23. The molecule has 1 N–H and O–H groups in total. The summed E-state index contributed by atoms with van der Waals surface area (Å²) in [5.74, 6) is 0.919. The summed E-state index contributed by atoms with van der Waals surface area (Å²) in [5.41, 5.74) is 2.08. The standard InChI is InChI=1S/C10H12N4O/c1-7-11-4-9(13-7)10-2-3-12-14(10)8-5-15-6-8/h2-4,8H,5-6H2,1H3,(H,11,13). The van der Waals surface area contributed by atoms with Gasteiger partial charge in [-0.15, -0.1) is 0 Å². The predicted molar refractivity (Wildman–Crippen MR) is 54.4 cm³/mol. The SMILES string of the molecule is Cc1ncc(-c2ccnn2C2COC2)[nH]1. The number of hydrogen-bond acceptors (Lipinski definition) is 3. The van der Waals surface area contributed by atoms with E-state index >= 15 is 0 Å². The molecule has 1 aliphatic rings. The highest BCUT2D eigenvalue weighted by Crippen LogP contribution is 2.24. The molecule has 0 aromatic carbocycles. The van der Waals surface area contributed by atoms with Crippen LogP contribution in [0.25, 0.3) is 11.4 Å². The van der Waals surface area contributed by atoms with Gasteiger partial charge in [0.15, 0.2) is 0 Å². The lowest BCUT2D eigenvalue weighted by Gasteiger charge is -2.27. The first kappa shape index (κ1) is 8.67. The van der Waals surface area contributed by atoms with Crippen molar-refractivity contribution in [2.45, 2.75) is 13.0 Å². The Hall–Kier alpha value is -1.62. The normalized spacial score (nSPS) is 16.6. The molecule has 0 radical (unpaired) electrons. The van der Waals surface area contributed by atoms with E-state index in [4.69, 9.17) is 4.74 Å². The van der Waals surface area contributed by atoms with Crippen molar-refractivity contribution in [2.24, 2.45) is 0 Å². The van der Waals surface area contributed by atoms with Crippen LogP contribution in [0.15, 0.2) is 18.5 Å². The van der Waals surface area contributed by atoms with Crippen LogP contribution in [0.1, 0.15) is 11.9 Å². The van der Waals surface area contributed by atoms with Crippen molar-refractivity contribution in [1.82, 2.24) is 19.7 Å². The van der Waals surface area contributed by atoms with Crippen LogP contribution in [-0.2, 0) is 4.74 Å². The fourth-order valence-electron chi connectivity index (χ4n) is 1.73. The summed E-state index contributed by atoms with van der Waals surface area (Å²) in [6.45, 7) is 3.44. The van der Waals surface area contributed by atoms with E-state index in [1.165, 1.54) is 0 Å². The average molecular weight is 204 g/mol. The van der Waals surface area contributed by atoms with Crippen LogP contribution in [0.4, 0.5) is 0 Å². The molecule has 0 bridgehead atoms. The second-order valence-corrected chi connectivity index (χ2v) is 3.73. The topological polar surface area (TPSA) is 55.7 Å². The first-order valence-electron chi connectivity index (χ1n) is 4.98. The number of aromatic nitrogens is 4. The lowest BCUT2D eigenvalue weighted by molar-refractivity contribution is -0.0278. The van der Waals surface area contributed by atoms with E-state index in [1.54, 1.807) is 0 Å². The van der Waals surface area contributed by atoms with Gasteiger partial charge in [-0.25, -0.2) is 4.98 Å². The monoisotopic (exact) mass is 204 g/mol. The molecule has 0 aliphatic carbocycles. The van der Waals surface area contributed by atoms with Crippen LogP contribution in [0, 0.1) is 6.92 Å². The molecule has 5 nitrogen and oxygen atoms in total. The molecule has 0 atom stereocenters. The minimum Gasteiger partial charge on any atom is -0.377 e. The Morgan fingerprint density at radius 3 is 3.00 bits per heavy atom. The minimum absolute atomic E-state index is 0.374. The Kier molecular flexibility index (Phi) is 1.85. The zero-order valence-electron chi connectivity index (χ0n) is 8.47. The van der Waals surface area contributed by atoms with Gasteiger partial charge in [0, 0.05) is 6.20 Å². The van der Waals surface area contributed by atoms with Crippen LogP contribution in [-0.4, -0.2) is 33.0 Å². The molecule has 2 aromatic rings. The smallest absolute Gasteiger partial charge is 0.103 e. The first-order valence-corrected chi connectivity index (χ1v) is 4.98. The molecule has 1 saturated heterocycles. The van der Waals surface area contributed by atoms with E-state index in [-0.39, 0.29) is 0 Å². The van der Waals surface area contributed by atoms with Gasteiger partial charge in [-0.1, -0.05) is 0 Å². The van der Waals surface area contributed by atoms with Crippen molar-refractivity contribution in [1.29, 1.82) is 0 Å². The van der Waals surface area contributed by atoms with Gasteiger partial charge < -0.3 is 9.72 Å². The zero-order chi connectivity index (χ0) is 10.3. The molecule has 1 fully saturated rings. The van der Waals surface area contributed by atoms with Gasteiger partial charge in [0.1, 0.15) is 5.82 Å². The highest BCUT2D eigenvalue weighted by atomic mass is 16.5. The number of nitrogens with one attached hydrogen (secondary N) is 1. The van der Waals surface area contributed by atoms with Gasteiger partial charge in [0.2, 0.25) is 0 Å². The van der Waals surface area contributed by atoms with Crippen LogP contribution >= 0.6 is 0 Å². The molecule has 3 rings (SSSR count). The summed E-state index contributed by atoms with van der Waals surface area (Å²) in [6, 6.07) is 2.37. The average Bonchev–Trinajstić information content (AvgIpc) is 2.70. The van der Waals surface area contributed by atoms with Crippen molar-refractivity contribution >= 4 is 0 Å². The van der Waals surface area contributed by atoms with E-state index in [2.05, 4.69) is 15.1 Å². The molecular weight excluding hydrogens is 192 g/mol. The van der Waals surface area contributed by atoms with Crippen LogP contribution in [0.5, 0.6) is 0 Å².